The van der Waals surface area contributed by atoms with E-state index in [2.05, 4.69) is 26.8 Å². The van der Waals surface area contributed by atoms with Gasteiger partial charge >= 0.3 is 0 Å². The molecule has 16 heavy (non-hydrogen) atoms. The molecule has 0 aliphatic rings. The van der Waals surface area contributed by atoms with Gasteiger partial charge in [-0.3, -0.25) is 0 Å². The van der Waals surface area contributed by atoms with E-state index in [4.69, 9.17) is 5.73 Å². The standard InChI is InChI=1S/C11H14N4S/c1-15(7-9-2-3-16-8-9)11-13-5-10(4-12)6-14-11/h2-3,5-6,8H,4,7,12H2,1H3. The largest absolute Gasteiger partial charge is 0.340 e. The van der Waals surface area contributed by atoms with Crippen molar-refractivity contribution in [2.24, 2.45) is 5.73 Å². The normalized spacial score (nSPS) is 10.4. The highest BCUT2D eigenvalue weighted by atomic mass is 32.1. The van der Waals surface area contributed by atoms with Crippen LogP contribution in [-0.4, -0.2) is 17.0 Å². The van der Waals surface area contributed by atoms with Crippen LogP contribution in [0.2, 0.25) is 0 Å². The van der Waals surface area contributed by atoms with Crippen LogP contribution >= 0.6 is 11.3 Å². The van der Waals surface area contributed by atoms with Crippen LogP contribution in [0.1, 0.15) is 11.1 Å². The van der Waals surface area contributed by atoms with E-state index in [1.807, 2.05) is 11.9 Å². The fourth-order valence-corrected chi connectivity index (χ4v) is 2.04. The van der Waals surface area contributed by atoms with E-state index in [1.54, 1.807) is 23.7 Å². The molecule has 84 valence electrons. The Kier molecular flexibility index (Phi) is 3.48. The van der Waals surface area contributed by atoms with Crippen molar-refractivity contribution in [1.29, 1.82) is 0 Å². The summed E-state index contributed by atoms with van der Waals surface area (Å²) in [6.07, 6.45) is 3.54. The lowest BCUT2D eigenvalue weighted by molar-refractivity contribution is 0.860. The van der Waals surface area contributed by atoms with E-state index >= 15 is 0 Å². The van der Waals surface area contributed by atoms with E-state index in [1.165, 1.54) is 5.56 Å². The molecular formula is C11H14N4S. The summed E-state index contributed by atoms with van der Waals surface area (Å²) in [7, 11) is 1.98. The smallest absolute Gasteiger partial charge is 0.225 e. The third-order valence-electron chi connectivity index (χ3n) is 2.27. The summed E-state index contributed by atoms with van der Waals surface area (Å²) in [5.74, 6) is 0.725. The van der Waals surface area contributed by atoms with Gasteiger partial charge in [-0.1, -0.05) is 0 Å². The van der Waals surface area contributed by atoms with Gasteiger partial charge in [0.05, 0.1) is 0 Å². The second-order valence-electron chi connectivity index (χ2n) is 3.58. The van der Waals surface area contributed by atoms with Crippen LogP contribution in [0, 0.1) is 0 Å². The van der Waals surface area contributed by atoms with E-state index in [-0.39, 0.29) is 0 Å². The molecule has 0 bridgehead atoms. The van der Waals surface area contributed by atoms with Crippen LogP contribution in [0.3, 0.4) is 0 Å². The van der Waals surface area contributed by atoms with Crippen LogP contribution in [0.25, 0.3) is 0 Å². The fraction of sp³-hybridized carbons (Fsp3) is 0.273. The lowest BCUT2D eigenvalue weighted by Crippen LogP contribution is -2.18. The molecular weight excluding hydrogens is 220 g/mol. The number of nitrogens with zero attached hydrogens (tertiary/aromatic N) is 3. The van der Waals surface area contributed by atoms with Crippen molar-refractivity contribution >= 4 is 17.3 Å². The highest BCUT2D eigenvalue weighted by Crippen LogP contribution is 2.12. The lowest BCUT2D eigenvalue weighted by atomic mass is 10.3. The quantitative estimate of drug-likeness (QED) is 0.873. The van der Waals surface area contributed by atoms with Crippen LogP contribution in [0.5, 0.6) is 0 Å². The number of anilines is 1. The summed E-state index contributed by atoms with van der Waals surface area (Å²) in [5.41, 5.74) is 7.72. The van der Waals surface area contributed by atoms with Crippen molar-refractivity contribution in [1.82, 2.24) is 9.97 Å². The molecule has 0 amide bonds. The predicted molar refractivity (Wildman–Crippen MR) is 66.3 cm³/mol. The summed E-state index contributed by atoms with van der Waals surface area (Å²) in [4.78, 5) is 10.6. The molecule has 0 spiro atoms. The Morgan fingerprint density at radius 2 is 2.06 bits per heavy atom. The van der Waals surface area contributed by atoms with Crippen molar-refractivity contribution in [2.45, 2.75) is 13.1 Å². The zero-order valence-corrected chi connectivity index (χ0v) is 9.94. The molecule has 0 saturated heterocycles. The van der Waals surface area contributed by atoms with Crippen LogP contribution in [0.15, 0.2) is 29.2 Å². The van der Waals surface area contributed by atoms with E-state index < -0.39 is 0 Å². The lowest BCUT2D eigenvalue weighted by Gasteiger charge is -2.15. The molecule has 0 radical (unpaired) electrons. The third kappa shape index (κ3) is 2.56. The molecule has 0 aliphatic carbocycles. The molecule has 0 aromatic carbocycles. The van der Waals surface area contributed by atoms with Gasteiger partial charge in [0.2, 0.25) is 5.95 Å². The van der Waals surface area contributed by atoms with E-state index in [0.29, 0.717) is 6.54 Å². The molecule has 5 heteroatoms. The van der Waals surface area contributed by atoms with Crippen molar-refractivity contribution in [3.05, 3.63) is 40.3 Å². The van der Waals surface area contributed by atoms with Gasteiger partial charge in [-0.25, -0.2) is 9.97 Å². The molecule has 2 heterocycles. The van der Waals surface area contributed by atoms with E-state index in [9.17, 15) is 0 Å². The van der Waals surface area contributed by atoms with Crippen LogP contribution in [-0.2, 0) is 13.1 Å². The second-order valence-corrected chi connectivity index (χ2v) is 4.36. The highest BCUT2D eigenvalue weighted by Gasteiger charge is 2.04. The van der Waals surface area contributed by atoms with Gasteiger partial charge < -0.3 is 10.6 Å². The molecule has 0 aliphatic heterocycles. The minimum absolute atomic E-state index is 0.481. The zero-order valence-electron chi connectivity index (χ0n) is 9.13. The summed E-state index contributed by atoms with van der Waals surface area (Å²) in [5, 5.41) is 4.20. The Labute approximate surface area is 98.8 Å². The summed E-state index contributed by atoms with van der Waals surface area (Å²) >= 11 is 1.70. The molecule has 2 N–H and O–H groups in total. The molecule has 0 fully saturated rings. The van der Waals surface area contributed by atoms with Gasteiger partial charge in [-0.05, 0) is 22.4 Å². The van der Waals surface area contributed by atoms with Gasteiger partial charge in [0.25, 0.3) is 0 Å². The zero-order chi connectivity index (χ0) is 11.4. The number of hydrogen-bond acceptors (Lipinski definition) is 5. The van der Waals surface area contributed by atoms with Gasteiger partial charge in [0.1, 0.15) is 0 Å². The van der Waals surface area contributed by atoms with Gasteiger partial charge in [-0.15, -0.1) is 0 Å². The average Bonchev–Trinajstić information content (AvgIpc) is 2.82. The van der Waals surface area contributed by atoms with Crippen molar-refractivity contribution in [3.8, 4) is 0 Å². The van der Waals surface area contributed by atoms with Crippen molar-refractivity contribution in [3.63, 3.8) is 0 Å². The van der Waals surface area contributed by atoms with Gasteiger partial charge in [-0.2, -0.15) is 11.3 Å². The first-order valence-corrected chi connectivity index (χ1v) is 5.97. The highest BCUT2D eigenvalue weighted by molar-refractivity contribution is 7.07. The molecule has 0 unspecified atom stereocenters. The topological polar surface area (TPSA) is 55.0 Å². The number of thiophene rings is 1. The molecule has 0 atom stereocenters. The summed E-state index contributed by atoms with van der Waals surface area (Å²) in [6, 6.07) is 2.11. The maximum absolute atomic E-state index is 5.49. The number of rotatable bonds is 4. The second kappa shape index (κ2) is 5.05. The minimum Gasteiger partial charge on any atom is -0.340 e. The summed E-state index contributed by atoms with van der Waals surface area (Å²) < 4.78 is 0. The molecule has 2 rings (SSSR count). The molecule has 0 saturated carbocycles. The number of aromatic nitrogens is 2. The maximum atomic E-state index is 5.49. The SMILES string of the molecule is CN(Cc1ccsc1)c1ncc(CN)cn1. The Bertz CT molecular complexity index is 424. The Hall–Kier alpha value is -1.46. The van der Waals surface area contributed by atoms with Crippen molar-refractivity contribution < 1.29 is 0 Å². The van der Waals surface area contributed by atoms with Crippen LogP contribution < -0.4 is 10.6 Å². The Morgan fingerprint density at radius 3 is 2.62 bits per heavy atom. The van der Waals surface area contributed by atoms with Crippen molar-refractivity contribution in [2.75, 3.05) is 11.9 Å². The van der Waals surface area contributed by atoms with Gasteiger partial charge in [0, 0.05) is 38.1 Å². The average molecular weight is 234 g/mol. The summed E-state index contributed by atoms with van der Waals surface area (Å²) in [6.45, 7) is 1.31. The Balaban J connectivity index is 2.05. The Morgan fingerprint density at radius 1 is 1.31 bits per heavy atom. The molecule has 2 aromatic rings. The maximum Gasteiger partial charge on any atom is 0.225 e. The number of nitrogens with two attached hydrogens (primary N) is 1. The monoisotopic (exact) mass is 234 g/mol. The van der Waals surface area contributed by atoms with Gasteiger partial charge in [0.15, 0.2) is 0 Å². The first-order valence-electron chi connectivity index (χ1n) is 5.03. The molecule has 2 aromatic heterocycles. The fourth-order valence-electron chi connectivity index (χ4n) is 1.38. The third-order valence-corrected chi connectivity index (χ3v) is 3.00. The first-order chi connectivity index (χ1) is 7.79. The number of hydrogen-bond donors (Lipinski definition) is 1. The first kappa shape index (κ1) is 11.0. The minimum atomic E-state index is 0.481. The van der Waals surface area contributed by atoms with E-state index in [0.717, 1.165) is 18.1 Å². The predicted octanol–water partition coefficient (Wildman–Crippen LogP) is 1.63. The van der Waals surface area contributed by atoms with Crippen LogP contribution in [0.4, 0.5) is 5.95 Å². The molecule has 4 nitrogen and oxygen atoms in total.